The predicted octanol–water partition coefficient (Wildman–Crippen LogP) is 3.67. The van der Waals surface area contributed by atoms with Crippen molar-refractivity contribution in [3.8, 4) is 0 Å². The van der Waals surface area contributed by atoms with E-state index < -0.39 is 0 Å². The number of thioether (sulfide) groups is 1. The zero-order valence-corrected chi connectivity index (χ0v) is 15.2. The lowest BCUT2D eigenvalue weighted by molar-refractivity contribution is 1.00. The minimum absolute atomic E-state index is 0.116. The number of halogens is 2. The van der Waals surface area contributed by atoms with Crippen molar-refractivity contribution in [3.05, 3.63) is 62.2 Å². The molecule has 0 unspecified atom stereocenters. The molecule has 4 aromatic heterocycles. The Labute approximate surface area is 153 Å². The molecule has 0 radical (unpaired) electrons. The van der Waals surface area contributed by atoms with Gasteiger partial charge in [0.05, 0.1) is 16.2 Å². The maximum atomic E-state index is 12.2. The Morgan fingerprint density at radius 2 is 2.17 bits per heavy atom. The summed E-state index contributed by atoms with van der Waals surface area (Å²) in [5.41, 5.74) is 2.58. The van der Waals surface area contributed by atoms with Crippen LogP contribution in [0.3, 0.4) is 0 Å². The van der Waals surface area contributed by atoms with Gasteiger partial charge in [-0.15, -0.1) is 0 Å². The van der Waals surface area contributed by atoms with E-state index in [4.69, 9.17) is 11.6 Å². The molecular weight excluding hydrogens is 414 g/mol. The predicted molar refractivity (Wildman–Crippen MR) is 97.6 cm³/mol. The van der Waals surface area contributed by atoms with Crippen LogP contribution in [0.2, 0.25) is 5.02 Å². The quantitative estimate of drug-likeness (QED) is 0.510. The molecule has 0 aliphatic heterocycles. The van der Waals surface area contributed by atoms with E-state index >= 15 is 0 Å². The maximum absolute atomic E-state index is 12.2. The smallest absolute Gasteiger partial charge is 0.258 e. The summed E-state index contributed by atoms with van der Waals surface area (Å²) in [4.78, 5) is 28.4. The molecule has 9 heteroatoms. The van der Waals surface area contributed by atoms with Gasteiger partial charge < -0.3 is 4.98 Å². The van der Waals surface area contributed by atoms with E-state index in [1.54, 1.807) is 24.5 Å². The lowest BCUT2D eigenvalue weighted by atomic mass is 10.4. The second-order valence-corrected chi connectivity index (χ2v) is 7.33. The first-order valence-electron chi connectivity index (χ1n) is 6.90. The number of pyridine rings is 2. The summed E-state index contributed by atoms with van der Waals surface area (Å²) in [5, 5.41) is 1.26. The Balaban J connectivity index is 1.61. The van der Waals surface area contributed by atoms with Crippen molar-refractivity contribution in [1.29, 1.82) is 0 Å². The number of hydrogen-bond acceptors (Lipinski definition) is 5. The topological polar surface area (TPSA) is 75.9 Å². The van der Waals surface area contributed by atoms with Crippen LogP contribution in [-0.2, 0) is 5.75 Å². The van der Waals surface area contributed by atoms with Gasteiger partial charge in [0.1, 0.15) is 5.65 Å². The van der Waals surface area contributed by atoms with Crippen molar-refractivity contribution in [2.45, 2.75) is 10.9 Å². The summed E-state index contributed by atoms with van der Waals surface area (Å²) in [6, 6.07) is 6.96. The summed E-state index contributed by atoms with van der Waals surface area (Å²) in [6.07, 6.45) is 3.26. The van der Waals surface area contributed by atoms with Crippen LogP contribution in [0.4, 0.5) is 0 Å². The van der Waals surface area contributed by atoms with Crippen LogP contribution in [-0.4, -0.2) is 24.3 Å². The van der Waals surface area contributed by atoms with Gasteiger partial charge in [-0.2, -0.15) is 0 Å². The second-order valence-electron chi connectivity index (χ2n) is 5.02. The molecule has 0 bridgehead atoms. The van der Waals surface area contributed by atoms with E-state index in [0.717, 1.165) is 9.99 Å². The lowest BCUT2D eigenvalue weighted by Gasteiger charge is -2.03. The van der Waals surface area contributed by atoms with Gasteiger partial charge >= 0.3 is 0 Å². The van der Waals surface area contributed by atoms with Crippen molar-refractivity contribution >= 4 is 56.1 Å². The number of aromatic amines is 1. The van der Waals surface area contributed by atoms with E-state index in [1.165, 1.54) is 22.2 Å². The van der Waals surface area contributed by atoms with Crippen molar-refractivity contribution in [2.75, 3.05) is 0 Å². The molecule has 4 heterocycles. The van der Waals surface area contributed by atoms with Crippen LogP contribution in [0.5, 0.6) is 0 Å². The molecule has 0 amide bonds. The van der Waals surface area contributed by atoms with E-state index in [1.807, 2.05) is 6.07 Å². The highest BCUT2D eigenvalue weighted by molar-refractivity contribution is 9.10. The first-order valence-corrected chi connectivity index (χ1v) is 9.06. The van der Waals surface area contributed by atoms with Crippen LogP contribution in [0.15, 0.2) is 51.1 Å². The first kappa shape index (κ1) is 15.6. The molecular formula is C15H9BrClN5OS. The lowest BCUT2D eigenvalue weighted by Crippen LogP contribution is -2.15. The van der Waals surface area contributed by atoms with Crippen molar-refractivity contribution in [2.24, 2.45) is 0 Å². The minimum atomic E-state index is -0.116. The molecule has 0 saturated heterocycles. The monoisotopic (exact) mass is 421 g/mol. The Morgan fingerprint density at radius 1 is 1.29 bits per heavy atom. The van der Waals surface area contributed by atoms with E-state index in [2.05, 4.69) is 35.9 Å². The largest absolute Gasteiger partial charge is 0.331 e. The SMILES string of the molecule is O=c1cc(CSc2nc3ncc(Cl)cc3[nH]2)nc2ccc(Br)cn12. The fraction of sp³-hybridized carbons (Fsp3) is 0.0667. The number of rotatable bonds is 3. The minimum Gasteiger partial charge on any atom is -0.331 e. The van der Waals surface area contributed by atoms with Gasteiger partial charge in [-0.05, 0) is 34.1 Å². The first-order chi connectivity index (χ1) is 11.6. The van der Waals surface area contributed by atoms with E-state index in [-0.39, 0.29) is 5.56 Å². The Kier molecular flexibility index (Phi) is 4.03. The van der Waals surface area contributed by atoms with Gasteiger partial charge in [-0.25, -0.2) is 15.0 Å². The van der Waals surface area contributed by atoms with Crippen molar-refractivity contribution in [3.63, 3.8) is 0 Å². The fourth-order valence-electron chi connectivity index (χ4n) is 2.26. The average molecular weight is 423 g/mol. The molecule has 1 N–H and O–H groups in total. The second kappa shape index (κ2) is 6.19. The Bertz CT molecular complexity index is 1130. The van der Waals surface area contributed by atoms with Gasteiger partial charge in [0, 0.05) is 28.7 Å². The van der Waals surface area contributed by atoms with Gasteiger partial charge in [-0.3, -0.25) is 9.20 Å². The summed E-state index contributed by atoms with van der Waals surface area (Å²) in [6.45, 7) is 0. The third kappa shape index (κ3) is 3.04. The third-order valence-electron chi connectivity index (χ3n) is 3.32. The third-order valence-corrected chi connectivity index (χ3v) is 4.90. The van der Waals surface area contributed by atoms with E-state index in [0.29, 0.717) is 32.9 Å². The average Bonchev–Trinajstić information content (AvgIpc) is 2.95. The molecule has 0 aliphatic carbocycles. The molecule has 120 valence electrons. The summed E-state index contributed by atoms with van der Waals surface area (Å²) < 4.78 is 2.33. The molecule has 0 atom stereocenters. The number of nitrogens with zero attached hydrogens (tertiary/aromatic N) is 4. The van der Waals surface area contributed by atoms with Crippen LogP contribution in [0.1, 0.15) is 5.69 Å². The molecule has 0 fully saturated rings. The number of aromatic nitrogens is 5. The molecule has 0 aliphatic rings. The van der Waals surface area contributed by atoms with Crippen LogP contribution >= 0.6 is 39.3 Å². The molecule has 0 aromatic carbocycles. The van der Waals surface area contributed by atoms with Gasteiger partial charge in [0.15, 0.2) is 10.8 Å². The van der Waals surface area contributed by atoms with Gasteiger partial charge in [0.2, 0.25) is 0 Å². The highest BCUT2D eigenvalue weighted by Crippen LogP contribution is 2.23. The standard InChI is InChI=1S/C15H9BrClN5OS/c16-8-1-2-12-19-10(4-13(23)22(12)6-8)7-24-15-20-11-3-9(17)5-18-14(11)21-15/h1-6H,7H2,(H,18,20,21). The maximum Gasteiger partial charge on any atom is 0.258 e. The zero-order valence-electron chi connectivity index (χ0n) is 12.0. The normalized spacial score (nSPS) is 11.4. The number of imidazole rings is 1. The number of nitrogens with one attached hydrogen (secondary N) is 1. The van der Waals surface area contributed by atoms with Crippen LogP contribution in [0.25, 0.3) is 16.8 Å². The highest BCUT2D eigenvalue weighted by atomic mass is 79.9. The van der Waals surface area contributed by atoms with E-state index in [9.17, 15) is 4.79 Å². The molecule has 0 spiro atoms. The summed E-state index contributed by atoms with van der Waals surface area (Å²) in [7, 11) is 0. The Hall–Kier alpha value is -1.90. The fourth-order valence-corrected chi connectivity index (χ4v) is 3.52. The summed E-state index contributed by atoms with van der Waals surface area (Å²) in [5.74, 6) is 0.523. The van der Waals surface area contributed by atoms with Gasteiger partial charge in [-0.1, -0.05) is 23.4 Å². The molecule has 4 rings (SSSR count). The summed E-state index contributed by atoms with van der Waals surface area (Å²) >= 11 is 10.7. The molecule has 0 saturated carbocycles. The van der Waals surface area contributed by atoms with Crippen LogP contribution < -0.4 is 5.56 Å². The highest BCUT2D eigenvalue weighted by Gasteiger charge is 2.08. The number of H-pyrrole nitrogens is 1. The van der Waals surface area contributed by atoms with Crippen molar-refractivity contribution < 1.29 is 0 Å². The molecule has 6 nitrogen and oxygen atoms in total. The number of fused-ring (bicyclic) bond motifs is 2. The number of hydrogen-bond donors (Lipinski definition) is 1. The van der Waals surface area contributed by atoms with Gasteiger partial charge in [0.25, 0.3) is 5.56 Å². The zero-order chi connectivity index (χ0) is 16.7. The van der Waals surface area contributed by atoms with Crippen LogP contribution in [0, 0.1) is 0 Å². The van der Waals surface area contributed by atoms with Crippen molar-refractivity contribution in [1.82, 2.24) is 24.3 Å². The Morgan fingerprint density at radius 3 is 3.04 bits per heavy atom. The molecule has 24 heavy (non-hydrogen) atoms. The molecule has 4 aromatic rings.